The number of benzene rings is 1. The van der Waals surface area contributed by atoms with Crippen LogP contribution in [0.2, 0.25) is 0 Å². The molecular weight excluding hydrogens is 159 g/mol. The van der Waals surface area contributed by atoms with Gasteiger partial charge in [-0.15, -0.1) is 0 Å². The van der Waals surface area contributed by atoms with Gasteiger partial charge in [-0.3, -0.25) is 0 Å². The van der Waals surface area contributed by atoms with Gasteiger partial charge in [-0.1, -0.05) is 30.3 Å². The molecule has 0 nitrogen and oxygen atoms in total. The van der Waals surface area contributed by atoms with E-state index in [9.17, 15) is 17.3 Å². The lowest BCUT2D eigenvalue weighted by atomic mass is 10.3. The molecule has 0 saturated carbocycles. The van der Waals surface area contributed by atoms with Crippen LogP contribution in [-0.2, 0) is 0 Å². The minimum atomic E-state index is -6.00. The molecule has 11 heavy (non-hydrogen) atoms. The molecule has 0 aromatic heterocycles. The first kappa shape index (κ1) is 10.0. The zero-order valence-electron chi connectivity index (χ0n) is 5.48. The van der Waals surface area contributed by atoms with Crippen molar-refractivity contribution in [2.45, 2.75) is 0 Å². The van der Waals surface area contributed by atoms with Gasteiger partial charge >= 0.3 is 7.25 Å². The zero-order valence-corrected chi connectivity index (χ0v) is 5.48. The van der Waals surface area contributed by atoms with Crippen LogP contribution >= 0.6 is 0 Å². The Bertz CT molecular complexity index is 139. The summed E-state index contributed by atoms with van der Waals surface area (Å²) < 4.78 is 39.0. The van der Waals surface area contributed by atoms with Crippen molar-refractivity contribution < 1.29 is 17.3 Å². The third-order valence-corrected chi connectivity index (χ3v) is 0.607. The van der Waals surface area contributed by atoms with E-state index in [1.165, 1.54) is 0 Å². The fourth-order valence-corrected chi connectivity index (χ4v) is 0.342. The highest BCUT2D eigenvalue weighted by atomic mass is 19.5. The van der Waals surface area contributed by atoms with Crippen molar-refractivity contribution in [1.29, 1.82) is 0 Å². The highest BCUT2D eigenvalue weighted by molar-refractivity contribution is 6.50. The normalized spacial score (nSPS) is 9.82. The number of hydrogen-bond acceptors (Lipinski definition) is 0. The van der Waals surface area contributed by atoms with Gasteiger partial charge in [0.05, 0.1) is 0 Å². The highest BCUT2D eigenvalue weighted by Gasteiger charge is 2.20. The third-order valence-electron chi connectivity index (χ3n) is 0.607. The van der Waals surface area contributed by atoms with Gasteiger partial charge in [0.15, 0.2) is 0 Å². The summed E-state index contributed by atoms with van der Waals surface area (Å²) in [6.07, 6.45) is 0. The summed E-state index contributed by atoms with van der Waals surface area (Å²) in [6, 6.07) is 12.5. The predicted octanol–water partition coefficient (Wildman–Crippen LogP) is 2.79. The quantitative estimate of drug-likeness (QED) is 0.408. The van der Waals surface area contributed by atoms with Gasteiger partial charge in [0.1, 0.15) is 0 Å². The summed E-state index contributed by atoms with van der Waals surface area (Å²) in [5, 5.41) is 0. The lowest BCUT2D eigenvalue weighted by Gasteiger charge is -1.94. The first-order valence-electron chi connectivity index (χ1n) is 2.78. The molecule has 0 spiro atoms. The molecule has 5 heteroatoms. The largest absolute Gasteiger partial charge is 0.673 e. The molecule has 0 heterocycles. The van der Waals surface area contributed by atoms with Crippen LogP contribution < -0.4 is 0 Å². The maximum Gasteiger partial charge on any atom is 0.673 e. The maximum atomic E-state index is 9.75. The second kappa shape index (κ2) is 4.76. The summed E-state index contributed by atoms with van der Waals surface area (Å²) in [5.74, 6) is 0. The van der Waals surface area contributed by atoms with Crippen molar-refractivity contribution in [2.24, 2.45) is 0 Å². The molecule has 0 atom stereocenters. The second-order valence-electron chi connectivity index (χ2n) is 1.57. The van der Waals surface area contributed by atoms with E-state index in [0.29, 0.717) is 0 Å². The van der Waals surface area contributed by atoms with Gasteiger partial charge in [-0.2, -0.15) is 0 Å². The Morgan fingerprint density at radius 2 is 1.18 bits per heavy atom. The molecule has 61 valence electrons. The summed E-state index contributed by atoms with van der Waals surface area (Å²) in [6.45, 7) is 0. The molecule has 0 fully saturated rings. The van der Waals surface area contributed by atoms with Gasteiger partial charge in [-0.25, -0.2) is 0 Å². The molecule has 0 amide bonds. The molecule has 0 saturated heterocycles. The summed E-state index contributed by atoms with van der Waals surface area (Å²) in [5.41, 5.74) is 0. The fourth-order valence-electron chi connectivity index (χ4n) is 0.342. The molecular formula is C6H5BF4-. The summed E-state index contributed by atoms with van der Waals surface area (Å²) in [4.78, 5) is 0. The van der Waals surface area contributed by atoms with Gasteiger partial charge in [-0.05, 0) is 6.07 Å². The van der Waals surface area contributed by atoms with Crippen molar-refractivity contribution in [1.82, 2.24) is 0 Å². The smallest absolute Gasteiger partial charge is 0.418 e. The van der Waals surface area contributed by atoms with Crippen LogP contribution in [0.1, 0.15) is 0 Å². The number of hydrogen-bond donors (Lipinski definition) is 0. The molecule has 1 rings (SSSR count). The highest BCUT2D eigenvalue weighted by Crippen LogP contribution is 2.06. The lowest BCUT2D eigenvalue weighted by molar-refractivity contribution is 0.368. The Labute approximate surface area is 62.0 Å². The standard InChI is InChI=1S/C6H5.BF4/c1-2-4-6-5-3-1;2-1(3,4)5/h1-5H;/q;-1. The monoisotopic (exact) mass is 164 g/mol. The van der Waals surface area contributed by atoms with Crippen molar-refractivity contribution in [2.75, 3.05) is 0 Å². The van der Waals surface area contributed by atoms with Crippen molar-refractivity contribution in [3.05, 3.63) is 36.4 Å². The van der Waals surface area contributed by atoms with Crippen molar-refractivity contribution in [3.8, 4) is 0 Å². The van der Waals surface area contributed by atoms with Crippen LogP contribution in [0.25, 0.3) is 0 Å². The van der Waals surface area contributed by atoms with Crippen LogP contribution in [-0.4, -0.2) is 7.25 Å². The molecule has 0 N–H and O–H groups in total. The van der Waals surface area contributed by atoms with Crippen LogP contribution in [0.5, 0.6) is 0 Å². The molecule has 1 aromatic rings. The van der Waals surface area contributed by atoms with E-state index >= 15 is 0 Å². The zero-order chi connectivity index (χ0) is 8.74. The van der Waals surface area contributed by atoms with E-state index in [4.69, 9.17) is 0 Å². The van der Waals surface area contributed by atoms with E-state index < -0.39 is 7.25 Å². The van der Waals surface area contributed by atoms with Crippen molar-refractivity contribution in [3.63, 3.8) is 0 Å². The third kappa shape index (κ3) is 17.6. The maximum absolute atomic E-state index is 9.75. The lowest BCUT2D eigenvalue weighted by Crippen LogP contribution is -2.02. The van der Waals surface area contributed by atoms with Crippen LogP contribution in [0, 0.1) is 6.07 Å². The Hall–Kier alpha value is -0.995. The Kier molecular flexibility index (Phi) is 4.33. The second-order valence-corrected chi connectivity index (χ2v) is 1.57. The first-order valence-corrected chi connectivity index (χ1v) is 2.78. The molecule has 0 aliphatic heterocycles. The molecule has 0 aliphatic carbocycles. The van der Waals surface area contributed by atoms with E-state index in [1.54, 1.807) is 0 Å². The number of rotatable bonds is 0. The van der Waals surface area contributed by atoms with E-state index in [1.807, 2.05) is 30.3 Å². The van der Waals surface area contributed by atoms with Crippen molar-refractivity contribution >= 4 is 7.25 Å². The van der Waals surface area contributed by atoms with E-state index in [2.05, 4.69) is 6.07 Å². The SMILES string of the molecule is F[B-](F)(F)F.[c]1ccccc1. The fraction of sp³-hybridized carbons (Fsp3) is 0. The minimum absolute atomic E-state index is 1.88. The molecule has 0 aliphatic rings. The van der Waals surface area contributed by atoms with Crippen LogP contribution in [0.4, 0.5) is 17.3 Å². The van der Waals surface area contributed by atoms with E-state index in [0.717, 1.165) is 0 Å². The molecule has 1 radical (unpaired) electrons. The summed E-state index contributed by atoms with van der Waals surface area (Å²) >= 11 is 0. The first-order chi connectivity index (χ1) is 5.00. The molecule has 1 aromatic carbocycles. The average molecular weight is 164 g/mol. The summed E-state index contributed by atoms with van der Waals surface area (Å²) in [7, 11) is -6.00. The van der Waals surface area contributed by atoms with Gasteiger partial charge in [0.25, 0.3) is 0 Å². The van der Waals surface area contributed by atoms with Gasteiger partial charge in [0.2, 0.25) is 0 Å². The average Bonchev–Trinajstić information content (AvgIpc) is 1.88. The van der Waals surface area contributed by atoms with E-state index in [-0.39, 0.29) is 0 Å². The number of halogens is 4. The van der Waals surface area contributed by atoms with Crippen LogP contribution in [0.15, 0.2) is 30.3 Å². The minimum Gasteiger partial charge on any atom is -0.418 e. The Morgan fingerprint density at radius 1 is 0.818 bits per heavy atom. The topological polar surface area (TPSA) is 0 Å². The molecule has 0 bridgehead atoms. The molecule has 0 unspecified atom stereocenters. The van der Waals surface area contributed by atoms with Gasteiger partial charge in [0, 0.05) is 0 Å². The van der Waals surface area contributed by atoms with Crippen LogP contribution in [0.3, 0.4) is 0 Å². The Morgan fingerprint density at radius 3 is 1.27 bits per heavy atom. The predicted molar refractivity (Wildman–Crippen MR) is 35.5 cm³/mol. The Balaban J connectivity index is 0.000000187. The van der Waals surface area contributed by atoms with Gasteiger partial charge < -0.3 is 17.3 Å².